The minimum Gasteiger partial charge on any atom is -0.394 e. The molecule has 0 aliphatic heterocycles. The first-order valence-corrected chi connectivity index (χ1v) is 6.80. The molecule has 0 atom stereocenters. The average Bonchev–Trinajstić information content (AvgIpc) is 2.88. The molecule has 8 heteroatoms. The summed E-state index contributed by atoms with van der Waals surface area (Å²) in [6, 6.07) is 1.23. The summed E-state index contributed by atoms with van der Waals surface area (Å²) in [5, 5.41) is 22.0. The van der Waals surface area contributed by atoms with Crippen molar-refractivity contribution < 1.29 is 19.6 Å². The molecule has 118 valence electrons. The van der Waals surface area contributed by atoms with Crippen molar-refractivity contribution in [3.05, 3.63) is 28.1 Å². The minimum atomic E-state index is -0.515. The van der Waals surface area contributed by atoms with E-state index in [4.69, 9.17) is 9.84 Å². The summed E-state index contributed by atoms with van der Waals surface area (Å²) in [6.07, 6.45) is 1.97. The average molecular weight is 299 g/mol. The minimum absolute atomic E-state index is 0.0298. The maximum absolute atomic E-state index is 12.1. The predicted octanol–water partition coefficient (Wildman–Crippen LogP) is 1.11. The summed E-state index contributed by atoms with van der Waals surface area (Å²) >= 11 is 0. The van der Waals surface area contributed by atoms with Crippen LogP contribution in [0.25, 0.3) is 0 Å². The summed E-state index contributed by atoms with van der Waals surface area (Å²) in [5.41, 5.74) is 0.174. The maximum Gasteiger partial charge on any atom is 0.287 e. The molecular formula is C13H21N3O5. The summed E-state index contributed by atoms with van der Waals surface area (Å²) in [6.45, 7) is 4.79. The molecule has 0 spiro atoms. The van der Waals surface area contributed by atoms with Crippen LogP contribution >= 0.6 is 0 Å². The lowest BCUT2D eigenvalue weighted by Crippen LogP contribution is -2.27. The Bertz CT molecular complexity index is 484. The fraction of sp³-hybridized carbons (Fsp3) is 0.615. The topological polar surface area (TPSA) is 107 Å². The van der Waals surface area contributed by atoms with Crippen LogP contribution in [0.1, 0.15) is 36.8 Å². The monoisotopic (exact) mass is 299 g/mol. The van der Waals surface area contributed by atoms with Crippen LogP contribution in [0.2, 0.25) is 0 Å². The normalized spacial score (nSPS) is 10.9. The van der Waals surface area contributed by atoms with Crippen LogP contribution in [0.3, 0.4) is 0 Å². The Morgan fingerprint density at radius 1 is 1.52 bits per heavy atom. The number of aliphatic hydroxyl groups excluding tert-OH is 1. The van der Waals surface area contributed by atoms with Gasteiger partial charge in [0.05, 0.1) is 24.3 Å². The van der Waals surface area contributed by atoms with E-state index in [9.17, 15) is 14.9 Å². The Morgan fingerprint density at radius 3 is 2.81 bits per heavy atom. The van der Waals surface area contributed by atoms with Gasteiger partial charge in [-0.3, -0.25) is 14.9 Å². The number of amides is 1. The summed E-state index contributed by atoms with van der Waals surface area (Å²) < 4.78 is 6.65. The lowest BCUT2D eigenvalue weighted by molar-refractivity contribution is -0.384. The quantitative estimate of drug-likeness (QED) is 0.403. The molecule has 1 aromatic rings. The predicted molar refractivity (Wildman–Crippen MR) is 76.3 cm³/mol. The third kappa shape index (κ3) is 5.16. The van der Waals surface area contributed by atoms with Crippen molar-refractivity contribution >= 4 is 11.6 Å². The molecule has 0 radical (unpaired) electrons. The van der Waals surface area contributed by atoms with Gasteiger partial charge in [0.1, 0.15) is 5.69 Å². The molecule has 0 fully saturated rings. The van der Waals surface area contributed by atoms with Crippen LogP contribution in [0.4, 0.5) is 5.69 Å². The number of nitrogens with one attached hydrogen (secondary N) is 1. The van der Waals surface area contributed by atoms with E-state index in [0.29, 0.717) is 19.6 Å². The van der Waals surface area contributed by atoms with E-state index in [1.807, 2.05) is 13.8 Å². The lowest BCUT2D eigenvalue weighted by atomic mass is 10.3. The zero-order valence-electron chi connectivity index (χ0n) is 12.2. The van der Waals surface area contributed by atoms with Crippen LogP contribution in [0.15, 0.2) is 12.3 Å². The number of nitro groups is 1. The molecule has 1 heterocycles. The maximum atomic E-state index is 12.1. The molecule has 0 aromatic carbocycles. The number of hydrogen-bond acceptors (Lipinski definition) is 5. The Kier molecular flexibility index (Phi) is 6.83. The molecule has 0 saturated heterocycles. The first-order valence-electron chi connectivity index (χ1n) is 6.80. The van der Waals surface area contributed by atoms with Crippen molar-refractivity contribution in [2.75, 3.05) is 26.4 Å². The second-order valence-electron chi connectivity index (χ2n) is 4.79. The molecule has 21 heavy (non-hydrogen) atoms. The standard InChI is InChI=1S/C13H21N3O5/c1-10(2)15-9-11(16(19)20)8-12(15)13(18)14-4-3-6-21-7-5-17/h8-10,17H,3-7H2,1-2H3,(H,14,18). The van der Waals surface area contributed by atoms with E-state index in [-0.39, 0.29) is 36.5 Å². The van der Waals surface area contributed by atoms with Crippen LogP contribution in [-0.2, 0) is 4.74 Å². The molecule has 0 aliphatic rings. The highest BCUT2D eigenvalue weighted by atomic mass is 16.6. The lowest BCUT2D eigenvalue weighted by Gasteiger charge is -2.12. The zero-order valence-corrected chi connectivity index (χ0v) is 12.2. The van der Waals surface area contributed by atoms with Crippen molar-refractivity contribution in [3.63, 3.8) is 0 Å². The van der Waals surface area contributed by atoms with Gasteiger partial charge in [-0.1, -0.05) is 0 Å². The Morgan fingerprint density at radius 2 is 2.24 bits per heavy atom. The Labute approximate surface area is 122 Å². The summed E-state index contributed by atoms with van der Waals surface area (Å²) in [4.78, 5) is 22.3. The van der Waals surface area contributed by atoms with Crippen molar-refractivity contribution in [3.8, 4) is 0 Å². The fourth-order valence-electron chi connectivity index (χ4n) is 1.81. The van der Waals surface area contributed by atoms with E-state index in [1.165, 1.54) is 12.3 Å². The van der Waals surface area contributed by atoms with E-state index >= 15 is 0 Å². The van der Waals surface area contributed by atoms with Gasteiger partial charge in [0.25, 0.3) is 11.6 Å². The van der Waals surface area contributed by atoms with Gasteiger partial charge < -0.3 is 19.7 Å². The van der Waals surface area contributed by atoms with Gasteiger partial charge in [-0.25, -0.2) is 0 Å². The van der Waals surface area contributed by atoms with Crippen molar-refractivity contribution in [1.29, 1.82) is 0 Å². The van der Waals surface area contributed by atoms with Crippen LogP contribution < -0.4 is 5.32 Å². The number of carbonyl (C=O) groups is 1. The first-order chi connectivity index (χ1) is 9.97. The Hall–Kier alpha value is -1.93. The van der Waals surface area contributed by atoms with Gasteiger partial charge in [0.15, 0.2) is 0 Å². The summed E-state index contributed by atoms with van der Waals surface area (Å²) in [7, 11) is 0. The Balaban J connectivity index is 2.58. The number of ether oxygens (including phenoxy) is 1. The van der Waals surface area contributed by atoms with Crippen LogP contribution in [0.5, 0.6) is 0 Å². The number of carbonyl (C=O) groups excluding carboxylic acids is 1. The fourth-order valence-corrected chi connectivity index (χ4v) is 1.81. The van der Waals surface area contributed by atoms with E-state index in [1.54, 1.807) is 4.57 Å². The molecular weight excluding hydrogens is 278 g/mol. The molecule has 0 aliphatic carbocycles. The van der Waals surface area contributed by atoms with Gasteiger partial charge in [0.2, 0.25) is 0 Å². The molecule has 1 amide bonds. The van der Waals surface area contributed by atoms with Crippen molar-refractivity contribution in [2.45, 2.75) is 26.3 Å². The molecule has 1 aromatic heterocycles. The van der Waals surface area contributed by atoms with Gasteiger partial charge in [-0.2, -0.15) is 0 Å². The van der Waals surface area contributed by atoms with Crippen molar-refractivity contribution in [2.24, 2.45) is 0 Å². The first kappa shape index (κ1) is 17.1. The highest BCUT2D eigenvalue weighted by molar-refractivity contribution is 5.93. The molecule has 0 saturated carbocycles. The van der Waals surface area contributed by atoms with Gasteiger partial charge in [0, 0.05) is 25.3 Å². The van der Waals surface area contributed by atoms with Crippen LogP contribution in [-0.4, -0.2) is 46.9 Å². The smallest absolute Gasteiger partial charge is 0.287 e. The van der Waals surface area contributed by atoms with Crippen molar-refractivity contribution in [1.82, 2.24) is 9.88 Å². The zero-order chi connectivity index (χ0) is 15.8. The largest absolute Gasteiger partial charge is 0.394 e. The third-order valence-corrected chi connectivity index (χ3v) is 2.82. The van der Waals surface area contributed by atoms with E-state index < -0.39 is 4.92 Å². The van der Waals surface area contributed by atoms with Crippen LogP contribution in [0, 0.1) is 10.1 Å². The molecule has 2 N–H and O–H groups in total. The number of rotatable bonds is 9. The second kappa shape index (κ2) is 8.38. The number of aromatic nitrogens is 1. The van der Waals surface area contributed by atoms with Gasteiger partial charge in [-0.05, 0) is 20.3 Å². The third-order valence-electron chi connectivity index (χ3n) is 2.82. The van der Waals surface area contributed by atoms with Gasteiger partial charge >= 0.3 is 0 Å². The highest BCUT2D eigenvalue weighted by Crippen LogP contribution is 2.20. The van der Waals surface area contributed by atoms with E-state index in [2.05, 4.69) is 5.32 Å². The number of aliphatic hydroxyl groups is 1. The summed E-state index contributed by atoms with van der Waals surface area (Å²) in [5.74, 6) is -0.348. The second-order valence-corrected chi connectivity index (χ2v) is 4.79. The SMILES string of the molecule is CC(C)n1cc([N+](=O)[O-])cc1C(=O)NCCCOCCO. The van der Waals surface area contributed by atoms with E-state index in [0.717, 1.165) is 0 Å². The molecule has 0 bridgehead atoms. The number of nitrogens with zero attached hydrogens (tertiary/aromatic N) is 2. The molecule has 8 nitrogen and oxygen atoms in total. The molecule has 0 unspecified atom stereocenters. The number of hydrogen-bond donors (Lipinski definition) is 2. The van der Waals surface area contributed by atoms with Gasteiger partial charge in [-0.15, -0.1) is 0 Å². The highest BCUT2D eigenvalue weighted by Gasteiger charge is 2.20. The molecule has 1 rings (SSSR count).